The van der Waals surface area contributed by atoms with Crippen molar-refractivity contribution in [1.29, 1.82) is 0 Å². The average Bonchev–Trinajstić information content (AvgIpc) is 2.40. The molecule has 0 aromatic heterocycles. The van der Waals surface area contributed by atoms with E-state index in [2.05, 4.69) is 0 Å². The highest BCUT2D eigenvalue weighted by Crippen LogP contribution is 2.46. The van der Waals surface area contributed by atoms with Crippen molar-refractivity contribution in [3.63, 3.8) is 0 Å². The Balaban J connectivity index is 2.38. The quantitative estimate of drug-likeness (QED) is 0.887. The van der Waals surface area contributed by atoms with Gasteiger partial charge in [-0.2, -0.15) is 13.2 Å². The molecule has 0 saturated heterocycles. The van der Waals surface area contributed by atoms with Crippen LogP contribution in [0.2, 0.25) is 0 Å². The number of hydrogen-bond donors (Lipinski definition) is 1. The molecule has 1 aromatic rings. The molecule has 0 bridgehead atoms. The molecule has 0 aliphatic heterocycles. The maximum atomic E-state index is 13.0. The fourth-order valence-electron chi connectivity index (χ4n) is 3.38. The molecular weight excluding hydrogens is 279 g/mol. The van der Waals surface area contributed by atoms with Gasteiger partial charge in [-0.05, 0) is 55.9 Å². The Morgan fingerprint density at radius 2 is 1.90 bits per heavy atom. The Morgan fingerprint density at radius 1 is 1.24 bits per heavy atom. The first-order valence-corrected chi connectivity index (χ1v) is 7.18. The van der Waals surface area contributed by atoms with Crippen molar-refractivity contribution in [2.75, 3.05) is 7.11 Å². The summed E-state index contributed by atoms with van der Waals surface area (Å²) in [5.41, 5.74) is 8.09. The molecule has 0 heterocycles. The predicted octanol–water partition coefficient (Wildman–Crippen LogP) is 4.22. The van der Waals surface area contributed by atoms with Crippen molar-refractivity contribution >= 4 is 0 Å². The molecule has 1 aromatic carbocycles. The number of halogens is 3. The number of ether oxygens (including phenoxy) is 1. The minimum atomic E-state index is -4.17. The fourth-order valence-corrected chi connectivity index (χ4v) is 3.38. The Morgan fingerprint density at radius 3 is 2.48 bits per heavy atom. The first-order valence-electron chi connectivity index (χ1n) is 7.18. The highest BCUT2D eigenvalue weighted by molar-refractivity contribution is 5.44. The zero-order valence-electron chi connectivity index (χ0n) is 12.7. The van der Waals surface area contributed by atoms with Crippen molar-refractivity contribution in [1.82, 2.24) is 0 Å². The Labute approximate surface area is 123 Å². The summed E-state index contributed by atoms with van der Waals surface area (Å²) in [6.07, 6.45) is -2.93. The van der Waals surface area contributed by atoms with Crippen LogP contribution >= 0.6 is 0 Å². The lowest BCUT2D eigenvalue weighted by molar-refractivity contribution is -0.187. The van der Waals surface area contributed by atoms with Crippen molar-refractivity contribution < 1.29 is 17.9 Å². The van der Waals surface area contributed by atoms with Crippen LogP contribution in [0, 0.1) is 19.8 Å². The van der Waals surface area contributed by atoms with Gasteiger partial charge < -0.3 is 10.5 Å². The van der Waals surface area contributed by atoms with Crippen molar-refractivity contribution in [3.8, 4) is 5.75 Å². The molecule has 2 atom stereocenters. The van der Waals surface area contributed by atoms with Gasteiger partial charge >= 0.3 is 6.18 Å². The van der Waals surface area contributed by atoms with Crippen LogP contribution in [0.3, 0.4) is 0 Å². The number of alkyl halides is 3. The first kappa shape index (κ1) is 16.1. The smallest absolute Gasteiger partial charge is 0.391 e. The number of hydrogen-bond acceptors (Lipinski definition) is 2. The Kier molecular flexibility index (Phi) is 4.24. The van der Waals surface area contributed by atoms with Crippen molar-refractivity contribution in [2.45, 2.75) is 51.2 Å². The third kappa shape index (κ3) is 3.18. The molecule has 2 N–H and O–H groups in total. The zero-order chi connectivity index (χ0) is 15.8. The van der Waals surface area contributed by atoms with E-state index in [9.17, 15) is 13.2 Å². The summed E-state index contributed by atoms with van der Waals surface area (Å²) in [4.78, 5) is 0. The highest BCUT2D eigenvalue weighted by Gasteiger charge is 2.47. The molecule has 2 nitrogen and oxygen atoms in total. The summed E-state index contributed by atoms with van der Waals surface area (Å²) in [6.45, 7) is 3.76. The van der Waals surface area contributed by atoms with E-state index in [0.29, 0.717) is 12.8 Å². The van der Waals surface area contributed by atoms with E-state index in [1.54, 1.807) is 7.11 Å². The third-order valence-electron chi connectivity index (χ3n) is 4.53. The second-order valence-corrected chi connectivity index (χ2v) is 6.13. The van der Waals surface area contributed by atoms with Crippen LogP contribution in [-0.4, -0.2) is 13.3 Å². The molecule has 0 radical (unpaired) electrons. The molecule has 5 heteroatoms. The van der Waals surface area contributed by atoms with Gasteiger partial charge in [0.05, 0.1) is 13.0 Å². The lowest BCUT2D eigenvalue weighted by Crippen LogP contribution is -2.45. The Hall–Kier alpha value is -1.23. The third-order valence-corrected chi connectivity index (χ3v) is 4.53. The standard InChI is InChI=1S/C16H22F3NO/c1-10-8-14(21-3)11(2)7-13(10)15(20)6-4-5-12(9-15)16(17,18)19/h7-8,12H,4-6,9,20H2,1-3H3. The molecule has 118 valence electrons. The summed E-state index contributed by atoms with van der Waals surface area (Å²) in [7, 11) is 1.58. The topological polar surface area (TPSA) is 35.2 Å². The van der Waals surface area contributed by atoms with E-state index in [4.69, 9.17) is 10.5 Å². The number of aryl methyl sites for hydroxylation is 2. The molecule has 1 aliphatic rings. The first-order chi connectivity index (χ1) is 9.67. The van der Waals surface area contributed by atoms with Crippen LogP contribution in [0.25, 0.3) is 0 Å². The van der Waals surface area contributed by atoms with E-state index < -0.39 is 17.6 Å². The lowest BCUT2D eigenvalue weighted by Gasteiger charge is -2.40. The van der Waals surface area contributed by atoms with E-state index >= 15 is 0 Å². The van der Waals surface area contributed by atoms with Gasteiger partial charge in [-0.25, -0.2) is 0 Å². The molecule has 2 unspecified atom stereocenters. The zero-order valence-corrected chi connectivity index (χ0v) is 12.7. The molecular formula is C16H22F3NO. The predicted molar refractivity (Wildman–Crippen MR) is 76.3 cm³/mol. The maximum Gasteiger partial charge on any atom is 0.391 e. The van der Waals surface area contributed by atoms with Gasteiger partial charge in [0.25, 0.3) is 0 Å². The minimum Gasteiger partial charge on any atom is -0.496 e. The SMILES string of the molecule is COc1cc(C)c(C2(N)CCCC(C(F)(F)F)C2)cc1C. The monoisotopic (exact) mass is 301 g/mol. The summed E-state index contributed by atoms with van der Waals surface area (Å²) >= 11 is 0. The number of rotatable bonds is 2. The van der Waals surface area contributed by atoms with Crippen molar-refractivity contribution in [2.24, 2.45) is 11.7 Å². The minimum absolute atomic E-state index is 0.0386. The van der Waals surface area contributed by atoms with Gasteiger partial charge in [-0.1, -0.05) is 12.5 Å². The van der Waals surface area contributed by atoms with E-state index in [-0.39, 0.29) is 12.8 Å². The normalized spacial score (nSPS) is 26.7. The van der Waals surface area contributed by atoms with Gasteiger partial charge in [0.2, 0.25) is 0 Å². The van der Waals surface area contributed by atoms with Crippen LogP contribution in [0.5, 0.6) is 5.75 Å². The molecule has 0 amide bonds. The van der Waals surface area contributed by atoms with Gasteiger partial charge in [-0.3, -0.25) is 0 Å². The molecule has 2 rings (SSSR count). The van der Waals surface area contributed by atoms with Gasteiger partial charge in [0, 0.05) is 5.54 Å². The molecule has 0 spiro atoms. The van der Waals surface area contributed by atoms with Gasteiger partial charge in [-0.15, -0.1) is 0 Å². The Bertz CT molecular complexity index is 527. The molecule has 1 fully saturated rings. The largest absolute Gasteiger partial charge is 0.496 e. The lowest BCUT2D eigenvalue weighted by atomic mass is 9.71. The summed E-state index contributed by atoms with van der Waals surface area (Å²) in [5, 5.41) is 0. The van der Waals surface area contributed by atoms with E-state index in [1.165, 1.54) is 0 Å². The number of methoxy groups -OCH3 is 1. The van der Waals surface area contributed by atoms with Crippen molar-refractivity contribution in [3.05, 3.63) is 28.8 Å². The van der Waals surface area contributed by atoms with E-state index in [0.717, 1.165) is 22.4 Å². The summed E-state index contributed by atoms with van der Waals surface area (Å²) < 4.78 is 44.3. The second kappa shape index (κ2) is 5.52. The van der Waals surface area contributed by atoms with Crippen LogP contribution in [0.4, 0.5) is 13.2 Å². The highest BCUT2D eigenvalue weighted by atomic mass is 19.4. The van der Waals surface area contributed by atoms with Crippen LogP contribution in [-0.2, 0) is 5.54 Å². The van der Waals surface area contributed by atoms with Gasteiger partial charge in [0.1, 0.15) is 5.75 Å². The fraction of sp³-hybridized carbons (Fsp3) is 0.625. The average molecular weight is 301 g/mol. The van der Waals surface area contributed by atoms with Gasteiger partial charge in [0.15, 0.2) is 0 Å². The van der Waals surface area contributed by atoms with Crippen LogP contribution in [0.15, 0.2) is 12.1 Å². The molecule has 21 heavy (non-hydrogen) atoms. The summed E-state index contributed by atoms with van der Waals surface area (Å²) in [5.74, 6) is -0.568. The van der Waals surface area contributed by atoms with Crippen LogP contribution < -0.4 is 10.5 Å². The molecule has 1 saturated carbocycles. The van der Waals surface area contributed by atoms with E-state index in [1.807, 2.05) is 26.0 Å². The van der Waals surface area contributed by atoms with Crippen LogP contribution in [0.1, 0.15) is 42.4 Å². The molecule has 1 aliphatic carbocycles. The maximum absolute atomic E-state index is 13.0. The summed E-state index contributed by atoms with van der Waals surface area (Å²) in [6, 6.07) is 3.74. The number of benzene rings is 1. The number of nitrogens with two attached hydrogens (primary N) is 1. The second-order valence-electron chi connectivity index (χ2n) is 6.13.